The summed E-state index contributed by atoms with van der Waals surface area (Å²) >= 11 is 6.06. The first-order valence-electron chi connectivity index (χ1n) is 7.32. The molecule has 1 aromatic carbocycles. The zero-order valence-electron chi connectivity index (χ0n) is 11.7. The molecule has 4 heteroatoms. The number of hydrogen-bond acceptors (Lipinski definition) is 2. The van der Waals surface area contributed by atoms with Gasteiger partial charge in [0.1, 0.15) is 0 Å². The summed E-state index contributed by atoms with van der Waals surface area (Å²) in [6, 6.07) is 7.64. The van der Waals surface area contributed by atoms with Gasteiger partial charge in [-0.2, -0.15) is 0 Å². The van der Waals surface area contributed by atoms with Gasteiger partial charge in [-0.25, -0.2) is 0 Å². The van der Waals surface area contributed by atoms with Crippen molar-refractivity contribution in [3.05, 3.63) is 34.9 Å². The highest BCUT2D eigenvalue weighted by Crippen LogP contribution is 2.30. The summed E-state index contributed by atoms with van der Waals surface area (Å²) < 4.78 is 0. The third-order valence-corrected chi connectivity index (χ3v) is 4.32. The molecule has 0 aliphatic heterocycles. The van der Waals surface area contributed by atoms with Crippen molar-refractivity contribution in [1.29, 1.82) is 0 Å². The molecular formula is C16H22ClNO2. The van der Waals surface area contributed by atoms with Crippen molar-refractivity contribution in [1.82, 2.24) is 5.32 Å². The minimum absolute atomic E-state index is 0.0681. The Morgan fingerprint density at radius 2 is 1.95 bits per heavy atom. The van der Waals surface area contributed by atoms with E-state index in [2.05, 4.69) is 5.32 Å². The van der Waals surface area contributed by atoms with Crippen molar-refractivity contribution in [3.8, 4) is 0 Å². The first kappa shape index (κ1) is 15.3. The highest BCUT2D eigenvalue weighted by atomic mass is 35.5. The number of amides is 1. The number of carbonyl (C=O) groups excluding carboxylic acids is 1. The molecule has 0 aromatic heterocycles. The summed E-state index contributed by atoms with van der Waals surface area (Å²) in [4.78, 5) is 11.9. The Kier molecular flexibility index (Phi) is 5.44. The van der Waals surface area contributed by atoms with Gasteiger partial charge < -0.3 is 10.4 Å². The van der Waals surface area contributed by atoms with E-state index >= 15 is 0 Å². The van der Waals surface area contributed by atoms with Crippen LogP contribution in [0.15, 0.2) is 24.3 Å². The minimum Gasteiger partial charge on any atom is -0.389 e. The summed E-state index contributed by atoms with van der Waals surface area (Å²) in [5, 5.41) is 13.9. The van der Waals surface area contributed by atoms with E-state index in [0.29, 0.717) is 13.0 Å². The maximum atomic E-state index is 11.9. The molecular weight excluding hydrogens is 274 g/mol. The van der Waals surface area contributed by atoms with E-state index in [-0.39, 0.29) is 12.3 Å². The van der Waals surface area contributed by atoms with Gasteiger partial charge in [-0.3, -0.25) is 4.79 Å². The van der Waals surface area contributed by atoms with E-state index in [1.165, 1.54) is 0 Å². The molecule has 110 valence electrons. The molecule has 1 amide bonds. The molecule has 0 radical (unpaired) electrons. The van der Waals surface area contributed by atoms with Gasteiger partial charge in [-0.1, -0.05) is 49.1 Å². The Morgan fingerprint density at radius 1 is 1.25 bits per heavy atom. The number of hydrogen-bond donors (Lipinski definition) is 2. The summed E-state index contributed by atoms with van der Waals surface area (Å²) in [7, 11) is 0. The fourth-order valence-electron chi connectivity index (χ4n) is 2.79. The summed E-state index contributed by atoms with van der Waals surface area (Å²) in [6.07, 6.45) is 5.61. The monoisotopic (exact) mass is 295 g/mol. The molecule has 1 saturated carbocycles. The summed E-state index contributed by atoms with van der Waals surface area (Å²) in [6.45, 7) is 0.554. The largest absolute Gasteiger partial charge is 0.389 e. The number of nitrogens with one attached hydrogen (secondary N) is 1. The fourth-order valence-corrected chi connectivity index (χ4v) is 3.02. The molecule has 0 saturated heterocycles. The molecule has 0 heterocycles. The molecule has 1 aliphatic rings. The van der Waals surface area contributed by atoms with E-state index in [4.69, 9.17) is 11.6 Å². The number of benzene rings is 1. The van der Waals surface area contributed by atoms with Crippen LogP contribution < -0.4 is 5.32 Å². The van der Waals surface area contributed by atoms with Crippen LogP contribution in [0, 0.1) is 0 Å². The van der Waals surface area contributed by atoms with Crippen molar-refractivity contribution < 1.29 is 9.90 Å². The van der Waals surface area contributed by atoms with Crippen LogP contribution in [-0.4, -0.2) is 23.2 Å². The lowest BCUT2D eigenvalue weighted by Gasteiger charge is -2.31. The lowest BCUT2D eigenvalue weighted by atomic mass is 9.82. The molecule has 2 rings (SSSR count). The van der Waals surface area contributed by atoms with Crippen LogP contribution in [0.3, 0.4) is 0 Å². The van der Waals surface area contributed by atoms with Gasteiger partial charge in [0.2, 0.25) is 5.91 Å². The van der Waals surface area contributed by atoms with Crippen molar-refractivity contribution >= 4 is 17.5 Å². The van der Waals surface area contributed by atoms with Crippen LogP contribution in [0.4, 0.5) is 0 Å². The maximum absolute atomic E-state index is 11.9. The molecule has 0 atom stereocenters. The number of halogens is 1. The third kappa shape index (κ3) is 4.50. The quantitative estimate of drug-likeness (QED) is 0.877. The fraction of sp³-hybridized carbons (Fsp3) is 0.562. The Morgan fingerprint density at radius 3 is 2.65 bits per heavy atom. The molecule has 0 unspecified atom stereocenters. The van der Waals surface area contributed by atoms with Crippen LogP contribution in [0.1, 0.15) is 44.1 Å². The van der Waals surface area contributed by atoms with E-state index in [9.17, 15) is 9.90 Å². The highest BCUT2D eigenvalue weighted by Gasteiger charge is 2.31. The second kappa shape index (κ2) is 7.09. The second-order valence-corrected chi connectivity index (χ2v) is 6.06. The van der Waals surface area contributed by atoms with E-state index in [0.717, 1.165) is 42.7 Å². The first-order chi connectivity index (χ1) is 9.59. The molecule has 1 aliphatic carbocycles. The van der Waals surface area contributed by atoms with E-state index in [1.54, 1.807) is 0 Å². The van der Waals surface area contributed by atoms with Crippen LogP contribution in [0.2, 0.25) is 5.02 Å². The zero-order chi connectivity index (χ0) is 14.4. The van der Waals surface area contributed by atoms with Gasteiger partial charge in [0.05, 0.1) is 12.0 Å². The molecule has 1 aromatic rings. The van der Waals surface area contributed by atoms with Crippen LogP contribution >= 0.6 is 11.6 Å². The molecule has 0 bridgehead atoms. The van der Waals surface area contributed by atoms with Crippen LogP contribution in [-0.2, 0) is 11.2 Å². The Hall–Kier alpha value is -1.06. The second-order valence-electron chi connectivity index (χ2n) is 5.65. The van der Waals surface area contributed by atoms with Crippen molar-refractivity contribution in [3.63, 3.8) is 0 Å². The Balaban J connectivity index is 1.74. The van der Waals surface area contributed by atoms with Crippen molar-refractivity contribution in [2.75, 3.05) is 6.54 Å². The molecule has 3 nitrogen and oxygen atoms in total. The number of aliphatic hydroxyl groups is 1. The van der Waals surface area contributed by atoms with Gasteiger partial charge in [0.25, 0.3) is 0 Å². The summed E-state index contributed by atoms with van der Waals surface area (Å²) in [5.74, 6) is -0.0681. The Bertz CT molecular complexity index is 456. The van der Waals surface area contributed by atoms with Gasteiger partial charge in [-0.05, 0) is 30.9 Å². The van der Waals surface area contributed by atoms with E-state index in [1.807, 2.05) is 24.3 Å². The van der Waals surface area contributed by atoms with E-state index < -0.39 is 5.60 Å². The lowest BCUT2D eigenvalue weighted by molar-refractivity contribution is -0.127. The highest BCUT2D eigenvalue weighted by molar-refractivity contribution is 6.31. The maximum Gasteiger partial charge on any atom is 0.222 e. The molecule has 0 spiro atoms. The number of carbonyl (C=O) groups is 1. The predicted molar refractivity (Wildman–Crippen MR) is 80.8 cm³/mol. The topological polar surface area (TPSA) is 49.3 Å². The smallest absolute Gasteiger partial charge is 0.222 e. The van der Waals surface area contributed by atoms with Gasteiger partial charge >= 0.3 is 0 Å². The molecule has 1 fully saturated rings. The van der Waals surface area contributed by atoms with Gasteiger partial charge in [0, 0.05) is 11.6 Å². The Labute approximate surface area is 125 Å². The molecule has 2 N–H and O–H groups in total. The first-order valence-corrected chi connectivity index (χ1v) is 7.69. The lowest BCUT2D eigenvalue weighted by Crippen LogP contribution is -2.38. The standard InChI is InChI=1S/C16H22ClNO2/c17-14-7-3-2-6-13(14)8-11-18-15(19)12-16(20)9-4-1-5-10-16/h2-3,6-7,20H,1,4-5,8-12H2,(H,18,19). The van der Waals surface area contributed by atoms with Crippen LogP contribution in [0.25, 0.3) is 0 Å². The number of rotatable bonds is 5. The molecule has 20 heavy (non-hydrogen) atoms. The SMILES string of the molecule is O=C(CC1(O)CCCCC1)NCCc1ccccc1Cl. The van der Waals surface area contributed by atoms with Crippen LogP contribution in [0.5, 0.6) is 0 Å². The van der Waals surface area contributed by atoms with Gasteiger partial charge in [0.15, 0.2) is 0 Å². The zero-order valence-corrected chi connectivity index (χ0v) is 12.5. The van der Waals surface area contributed by atoms with Crippen molar-refractivity contribution in [2.45, 2.75) is 50.5 Å². The van der Waals surface area contributed by atoms with Gasteiger partial charge in [-0.15, -0.1) is 0 Å². The average Bonchev–Trinajstić information content (AvgIpc) is 2.41. The van der Waals surface area contributed by atoms with Crippen molar-refractivity contribution in [2.24, 2.45) is 0 Å². The summed E-state index contributed by atoms with van der Waals surface area (Å²) in [5.41, 5.74) is 0.248. The average molecular weight is 296 g/mol. The third-order valence-electron chi connectivity index (χ3n) is 3.95. The predicted octanol–water partition coefficient (Wildman–Crippen LogP) is 3.08. The minimum atomic E-state index is -0.785. The normalized spacial score (nSPS) is 17.7.